The first-order valence-electron chi connectivity index (χ1n) is 6.17. The predicted molar refractivity (Wildman–Crippen MR) is 70.1 cm³/mol. The van der Waals surface area contributed by atoms with Gasteiger partial charge in [-0.25, -0.2) is 4.79 Å². The summed E-state index contributed by atoms with van der Waals surface area (Å²) in [7, 11) is 0. The van der Waals surface area contributed by atoms with Crippen LogP contribution in [0.3, 0.4) is 0 Å². The number of rotatable bonds is 6. The highest BCUT2D eigenvalue weighted by Crippen LogP contribution is 2.13. The van der Waals surface area contributed by atoms with Gasteiger partial charge in [-0.2, -0.15) is 0 Å². The van der Waals surface area contributed by atoms with E-state index in [4.69, 9.17) is 4.74 Å². The predicted octanol–water partition coefficient (Wildman–Crippen LogP) is 3.14. The summed E-state index contributed by atoms with van der Waals surface area (Å²) in [6.45, 7) is 6.34. The smallest absolute Gasteiger partial charge is 0.328 e. The van der Waals surface area contributed by atoms with Crippen LogP contribution >= 0.6 is 0 Å². The Hall–Kier alpha value is -1.51. The van der Waals surface area contributed by atoms with E-state index in [2.05, 4.69) is 12.2 Å². The molecule has 94 valence electrons. The van der Waals surface area contributed by atoms with Crippen LogP contribution in [0.15, 0.2) is 24.3 Å². The fourth-order valence-electron chi connectivity index (χ4n) is 1.72. The molecule has 0 saturated heterocycles. The largest absolute Gasteiger partial charge is 0.464 e. The molecule has 1 N–H and O–H groups in total. The standard InChI is InChI=1S/C14H21NO2/c1-4-7-13(14(16)17-5-2)15-12-9-6-8-11(3)10-12/h6,8-10,13,15H,4-5,7H2,1-3H3. The van der Waals surface area contributed by atoms with Gasteiger partial charge >= 0.3 is 5.97 Å². The Bertz CT molecular complexity index is 363. The summed E-state index contributed by atoms with van der Waals surface area (Å²) < 4.78 is 5.06. The van der Waals surface area contributed by atoms with Gasteiger partial charge in [0.05, 0.1) is 6.61 Å². The topological polar surface area (TPSA) is 38.3 Å². The van der Waals surface area contributed by atoms with Crippen LogP contribution < -0.4 is 5.32 Å². The maximum Gasteiger partial charge on any atom is 0.328 e. The number of hydrogen-bond donors (Lipinski definition) is 1. The molecule has 1 aromatic carbocycles. The third kappa shape index (κ3) is 4.47. The summed E-state index contributed by atoms with van der Waals surface area (Å²) in [5.74, 6) is -0.171. The minimum atomic E-state index is -0.248. The maximum atomic E-state index is 11.7. The third-order valence-corrected chi connectivity index (χ3v) is 2.51. The van der Waals surface area contributed by atoms with E-state index < -0.39 is 0 Å². The lowest BCUT2D eigenvalue weighted by Gasteiger charge is -2.17. The molecule has 1 atom stereocenters. The quantitative estimate of drug-likeness (QED) is 0.770. The second kappa shape index (κ2) is 6.94. The number of nitrogens with one attached hydrogen (secondary N) is 1. The number of benzene rings is 1. The van der Waals surface area contributed by atoms with Gasteiger partial charge in [0.2, 0.25) is 0 Å². The van der Waals surface area contributed by atoms with Crippen LogP contribution in [0.5, 0.6) is 0 Å². The third-order valence-electron chi connectivity index (χ3n) is 2.51. The lowest BCUT2D eigenvalue weighted by molar-refractivity contribution is -0.144. The van der Waals surface area contributed by atoms with Crippen molar-refractivity contribution in [1.82, 2.24) is 0 Å². The molecule has 17 heavy (non-hydrogen) atoms. The molecule has 0 fully saturated rings. The highest BCUT2D eigenvalue weighted by atomic mass is 16.5. The number of esters is 1. The Morgan fingerprint density at radius 1 is 1.41 bits per heavy atom. The molecular weight excluding hydrogens is 214 g/mol. The zero-order chi connectivity index (χ0) is 12.7. The second-order valence-electron chi connectivity index (χ2n) is 4.11. The average molecular weight is 235 g/mol. The van der Waals surface area contributed by atoms with Crippen LogP contribution in [0.25, 0.3) is 0 Å². The van der Waals surface area contributed by atoms with Crippen LogP contribution in [0.4, 0.5) is 5.69 Å². The number of carbonyl (C=O) groups excluding carboxylic acids is 1. The minimum absolute atomic E-state index is 0.171. The first kappa shape index (κ1) is 13.6. The van der Waals surface area contributed by atoms with Crippen molar-refractivity contribution in [2.24, 2.45) is 0 Å². The molecule has 1 rings (SSSR count). The zero-order valence-corrected chi connectivity index (χ0v) is 10.8. The summed E-state index contributed by atoms with van der Waals surface area (Å²) in [4.78, 5) is 11.7. The normalized spacial score (nSPS) is 11.9. The van der Waals surface area contributed by atoms with E-state index in [0.717, 1.165) is 18.5 Å². The molecule has 0 aromatic heterocycles. The number of carbonyl (C=O) groups is 1. The van der Waals surface area contributed by atoms with Crippen molar-refractivity contribution >= 4 is 11.7 Å². The number of anilines is 1. The summed E-state index contributed by atoms with van der Waals surface area (Å²) >= 11 is 0. The number of ether oxygens (including phenoxy) is 1. The van der Waals surface area contributed by atoms with Crippen LogP contribution in [0.2, 0.25) is 0 Å². The van der Waals surface area contributed by atoms with E-state index in [0.29, 0.717) is 6.61 Å². The first-order valence-corrected chi connectivity index (χ1v) is 6.17. The Morgan fingerprint density at radius 2 is 2.18 bits per heavy atom. The Balaban J connectivity index is 2.69. The minimum Gasteiger partial charge on any atom is -0.464 e. The van der Waals surface area contributed by atoms with Crippen molar-refractivity contribution in [3.8, 4) is 0 Å². The molecule has 0 amide bonds. The summed E-state index contributed by atoms with van der Waals surface area (Å²) in [5.41, 5.74) is 2.14. The molecule has 0 aliphatic carbocycles. The molecule has 0 bridgehead atoms. The molecule has 1 aromatic rings. The zero-order valence-electron chi connectivity index (χ0n) is 10.8. The van der Waals surface area contributed by atoms with E-state index in [1.54, 1.807) is 0 Å². The van der Waals surface area contributed by atoms with Crippen LogP contribution in [0, 0.1) is 6.92 Å². The number of aryl methyl sites for hydroxylation is 1. The summed E-state index contributed by atoms with van der Waals surface area (Å²) in [6.07, 6.45) is 1.73. The lowest BCUT2D eigenvalue weighted by Crippen LogP contribution is -2.31. The van der Waals surface area contributed by atoms with Gasteiger partial charge in [0.15, 0.2) is 0 Å². The molecule has 0 aliphatic heterocycles. The summed E-state index contributed by atoms with van der Waals surface area (Å²) in [6, 6.07) is 7.76. The molecule has 0 heterocycles. The van der Waals surface area contributed by atoms with E-state index in [1.165, 1.54) is 5.56 Å². The maximum absolute atomic E-state index is 11.7. The van der Waals surface area contributed by atoms with Gasteiger partial charge in [-0.05, 0) is 38.0 Å². The van der Waals surface area contributed by atoms with Gasteiger partial charge in [0, 0.05) is 5.69 Å². The van der Waals surface area contributed by atoms with E-state index in [-0.39, 0.29) is 12.0 Å². The molecule has 0 aliphatic rings. The van der Waals surface area contributed by atoms with Gasteiger partial charge in [0.1, 0.15) is 6.04 Å². The molecule has 1 unspecified atom stereocenters. The lowest BCUT2D eigenvalue weighted by atomic mass is 10.1. The average Bonchev–Trinajstić information content (AvgIpc) is 2.29. The highest BCUT2D eigenvalue weighted by Gasteiger charge is 2.18. The van der Waals surface area contributed by atoms with Crippen molar-refractivity contribution in [3.63, 3.8) is 0 Å². The van der Waals surface area contributed by atoms with Gasteiger partial charge in [0.25, 0.3) is 0 Å². The molecule has 0 spiro atoms. The van der Waals surface area contributed by atoms with Crippen LogP contribution in [-0.2, 0) is 9.53 Å². The Kier molecular flexibility index (Phi) is 5.53. The SMILES string of the molecule is CCCC(Nc1cccc(C)c1)C(=O)OCC. The van der Waals surface area contributed by atoms with E-state index >= 15 is 0 Å². The second-order valence-corrected chi connectivity index (χ2v) is 4.11. The molecule has 3 heteroatoms. The Morgan fingerprint density at radius 3 is 2.76 bits per heavy atom. The first-order chi connectivity index (χ1) is 8.17. The molecular formula is C14H21NO2. The fraction of sp³-hybridized carbons (Fsp3) is 0.500. The van der Waals surface area contributed by atoms with Crippen molar-refractivity contribution in [2.75, 3.05) is 11.9 Å². The van der Waals surface area contributed by atoms with Gasteiger partial charge < -0.3 is 10.1 Å². The molecule has 3 nitrogen and oxygen atoms in total. The van der Waals surface area contributed by atoms with E-state index in [1.807, 2.05) is 38.1 Å². The van der Waals surface area contributed by atoms with Gasteiger partial charge in [-0.3, -0.25) is 0 Å². The highest BCUT2D eigenvalue weighted by molar-refractivity contribution is 5.79. The Labute approximate surface area is 103 Å². The number of hydrogen-bond acceptors (Lipinski definition) is 3. The molecule has 0 saturated carbocycles. The fourth-order valence-corrected chi connectivity index (χ4v) is 1.72. The van der Waals surface area contributed by atoms with Crippen molar-refractivity contribution < 1.29 is 9.53 Å². The summed E-state index contributed by atoms with van der Waals surface area (Å²) in [5, 5.41) is 3.23. The van der Waals surface area contributed by atoms with Gasteiger partial charge in [-0.15, -0.1) is 0 Å². The molecule has 0 radical (unpaired) electrons. The van der Waals surface area contributed by atoms with Gasteiger partial charge in [-0.1, -0.05) is 25.5 Å². The monoisotopic (exact) mass is 235 g/mol. The van der Waals surface area contributed by atoms with Crippen molar-refractivity contribution in [2.45, 2.75) is 39.7 Å². The van der Waals surface area contributed by atoms with Crippen molar-refractivity contribution in [1.29, 1.82) is 0 Å². The van der Waals surface area contributed by atoms with Crippen molar-refractivity contribution in [3.05, 3.63) is 29.8 Å². The van der Waals surface area contributed by atoms with Crippen LogP contribution in [0.1, 0.15) is 32.3 Å². The van der Waals surface area contributed by atoms with E-state index in [9.17, 15) is 4.79 Å². The van der Waals surface area contributed by atoms with Crippen LogP contribution in [-0.4, -0.2) is 18.6 Å².